The van der Waals surface area contributed by atoms with Gasteiger partial charge in [0.2, 0.25) is 5.91 Å². The van der Waals surface area contributed by atoms with Crippen molar-refractivity contribution in [1.29, 1.82) is 0 Å². The number of ether oxygens (including phenoxy) is 1. The highest BCUT2D eigenvalue weighted by molar-refractivity contribution is 5.96. The van der Waals surface area contributed by atoms with Crippen LogP contribution in [0.25, 0.3) is 0 Å². The molecule has 0 aliphatic carbocycles. The number of benzene rings is 1. The third-order valence-electron chi connectivity index (χ3n) is 2.64. The van der Waals surface area contributed by atoms with Crippen molar-refractivity contribution in [3.8, 4) is 0 Å². The van der Waals surface area contributed by atoms with Gasteiger partial charge >= 0.3 is 0 Å². The van der Waals surface area contributed by atoms with E-state index in [0.717, 1.165) is 0 Å². The lowest BCUT2D eigenvalue weighted by molar-refractivity contribution is -0.124. The molecular weight excluding hydrogens is 244 g/mol. The number of hydrogen-bond acceptors (Lipinski definition) is 3. The van der Waals surface area contributed by atoms with Crippen LogP contribution in [0, 0.1) is 5.92 Å². The van der Waals surface area contributed by atoms with Crippen LogP contribution in [-0.4, -0.2) is 25.0 Å². The van der Waals surface area contributed by atoms with Crippen LogP contribution in [0.1, 0.15) is 20.8 Å². The molecule has 0 aromatic heterocycles. The van der Waals surface area contributed by atoms with Crippen molar-refractivity contribution in [2.75, 3.05) is 17.7 Å². The van der Waals surface area contributed by atoms with E-state index in [-0.39, 0.29) is 17.7 Å². The summed E-state index contributed by atoms with van der Waals surface area (Å²) < 4.78 is 4.93. The fraction of sp³-hybridized carbons (Fsp3) is 0.429. The van der Waals surface area contributed by atoms with Crippen LogP contribution in [0.3, 0.4) is 0 Å². The van der Waals surface area contributed by atoms with Crippen molar-refractivity contribution < 1.29 is 14.3 Å². The van der Waals surface area contributed by atoms with Crippen LogP contribution in [0.5, 0.6) is 0 Å². The van der Waals surface area contributed by atoms with E-state index in [1.165, 1.54) is 7.11 Å². The summed E-state index contributed by atoms with van der Waals surface area (Å²) in [7, 11) is 1.48. The van der Waals surface area contributed by atoms with Crippen molar-refractivity contribution in [3.05, 3.63) is 24.3 Å². The van der Waals surface area contributed by atoms with Gasteiger partial charge in [0.15, 0.2) is 0 Å². The molecule has 5 heteroatoms. The van der Waals surface area contributed by atoms with Crippen LogP contribution in [0.15, 0.2) is 24.3 Å². The Morgan fingerprint density at radius 2 is 1.58 bits per heavy atom. The van der Waals surface area contributed by atoms with Crippen molar-refractivity contribution in [2.45, 2.75) is 26.9 Å². The first-order valence-electron chi connectivity index (χ1n) is 6.18. The Balaban J connectivity index is 2.72. The summed E-state index contributed by atoms with van der Waals surface area (Å²) in [5.74, 6) is -0.379. The van der Waals surface area contributed by atoms with Gasteiger partial charge < -0.3 is 15.4 Å². The number of rotatable bonds is 5. The number of amides is 2. The van der Waals surface area contributed by atoms with Crippen LogP contribution in [0.4, 0.5) is 11.4 Å². The Hall–Kier alpha value is -1.88. The van der Waals surface area contributed by atoms with E-state index in [0.29, 0.717) is 11.4 Å². The molecule has 0 heterocycles. The van der Waals surface area contributed by atoms with E-state index in [4.69, 9.17) is 4.74 Å². The molecule has 1 aromatic carbocycles. The van der Waals surface area contributed by atoms with Gasteiger partial charge in [-0.05, 0) is 25.1 Å². The van der Waals surface area contributed by atoms with Gasteiger partial charge in [-0.15, -0.1) is 0 Å². The second kappa shape index (κ2) is 6.89. The third kappa shape index (κ3) is 4.71. The van der Waals surface area contributed by atoms with Gasteiger partial charge in [0.25, 0.3) is 5.91 Å². The minimum absolute atomic E-state index is 0.0614. The second-order valence-corrected chi connectivity index (χ2v) is 4.59. The number of anilines is 2. The summed E-state index contributed by atoms with van der Waals surface area (Å²) in [6, 6.07) is 7.00. The monoisotopic (exact) mass is 264 g/mol. The highest BCUT2D eigenvalue weighted by Crippen LogP contribution is 2.16. The van der Waals surface area contributed by atoms with Gasteiger partial charge in [-0.2, -0.15) is 0 Å². The lowest BCUT2D eigenvalue weighted by Crippen LogP contribution is -2.26. The molecular formula is C14H20N2O3. The Kier molecular flexibility index (Phi) is 5.51. The Morgan fingerprint density at radius 1 is 1.05 bits per heavy atom. The molecule has 1 aromatic rings. The van der Waals surface area contributed by atoms with Crippen molar-refractivity contribution in [1.82, 2.24) is 0 Å². The molecule has 104 valence electrons. The van der Waals surface area contributed by atoms with Crippen LogP contribution in [-0.2, 0) is 14.3 Å². The predicted molar refractivity (Wildman–Crippen MR) is 75.0 cm³/mol. The molecule has 0 saturated heterocycles. The number of nitrogens with one attached hydrogen (secondary N) is 2. The normalized spacial score (nSPS) is 12.1. The van der Waals surface area contributed by atoms with Gasteiger partial charge in [0.1, 0.15) is 6.10 Å². The topological polar surface area (TPSA) is 67.4 Å². The number of methoxy groups -OCH3 is 1. The fourth-order valence-electron chi connectivity index (χ4n) is 1.31. The summed E-state index contributed by atoms with van der Waals surface area (Å²) in [4.78, 5) is 23.2. The van der Waals surface area contributed by atoms with Gasteiger partial charge in [0.05, 0.1) is 0 Å². The summed E-state index contributed by atoms with van der Waals surface area (Å²) >= 11 is 0. The van der Waals surface area contributed by atoms with E-state index in [9.17, 15) is 9.59 Å². The Labute approximate surface area is 113 Å². The maximum absolute atomic E-state index is 11.7. The maximum atomic E-state index is 11.7. The lowest BCUT2D eigenvalue weighted by atomic mass is 10.2. The molecule has 0 fully saturated rings. The van der Waals surface area contributed by atoms with Crippen molar-refractivity contribution in [3.63, 3.8) is 0 Å². The minimum atomic E-state index is -0.520. The van der Waals surface area contributed by atoms with Gasteiger partial charge in [-0.1, -0.05) is 19.9 Å². The third-order valence-corrected chi connectivity index (χ3v) is 2.64. The molecule has 2 N–H and O–H groups in total. The Bertz CT molecular complexity index is 458. The van der Waals surface area contributed by atoms with Crippen LogP contribution < -0.4 is 10.6 Å². The summed E-state index contributed by atoms with van der Waals surface area (Å²) in [5.41, 5.74) is 1.28. The van der Waals surface area contributed by atoms with Gasteiger partial charge in [-0.3, -0.25) is 9.59 Å². The highest BCUT2D eigenvalue weighted by Gasteiger charge is 2.12. The first kappa shape index (κ1) is 15.2. The number of hydrogen-bond donors (Lipinski definition) is 2. The van der Waals surface area contributed by atoms with E-state index in [2.05, 4.69) is 10.6 Å². The molecule has 0 spiro atoms. The fourth-order valence-corrected chi connectivity index (χ4v) is 1.31. The average molecular weight is 264 g/mol. The summed E-state index contributed by atoms with van der Waals surface area (Å²) in [6.07, 6.45) is -0.520. The number of carbonyl (C=O) groups is 2. The van der Waals surface area contributed by atoms with E-state index >= 15 is 0 Å². The predicted octanol–water partition coefficient (Wildman–Crippen LogP) is 2.25. The van der Waals surface area contributed by atoms with Gasteiger partial charge in [0, 0.05) is 24.4 Å². The maximum Gasteiger partial charge on any atom is 0.253 e. The zero-order valence-corrected chi connectivity index (χ0v) is 11.7. The Morgan fingerprint density at radius 3 is 2.05 bits per heavy atom. The minimum Gasteiger partial charge on any atom is -0.372 e. The summed E-state index contributed by atoms with van der Waals surface area (Å²) in [5, 5.41) is 5.50. The van der Waals surface area contributed by atoms with E-state index in [1.54, 1.807) is 31.2 Å². The number of carbonyl (C=O) groups excluding carboxylic acids is 2. The second-order valence-electron chi connectivity index (χ2n) is 4.59. The van der Waals surface area contributed by atoms with Crippen molar-refractivity contribution in [2.24, 2.45) is 5.92 Å². The molecule has 0 bridgehead atoms. The molecule has 1 rings (SSSR count). The standard InChI is InChI=1S/C14H20N2O3/c1-9(2)13(17)15-11-6-5-7-12(8-11)16-14(18)10(3)19-4/h5-10H,1-4H3,(H,15,17)(H,16,18). The van der Waals surface area contributed by atoms with Crippen LogP contribution in [0.2, 0.25) is 0 Å². The van der Waals surface area contributed by atoms with E-state index in [1.807, 2.05) is 13.8 Å². The van der Waals surface area contributed by atoms with E-state index < -0.39 is 6.10 Å². The quantitative estimate of drug-likeness (QED) is 0.857. The molecule has 0 aliphatic rings. The molecule has 5 nitrogen and oxygen atoms in total. The highest BCUT2D eigenvalue weighted by atomic mass is 16.5. The van der Waals surface area contributed by atoms with Crippen molar-refractivity contribution >= 4 is 23.2 Å². The molecule has 0 saturated carbocycles. The largest absolute Gasteiger partial charge is 0.372 e. The molecule has 0 radical (unpaired) electrons. The SMILES string of the molecule is COC(C)C(=O)Nc1cccc(NC(=O)C(C)C)c1. The molecule has 0 aliphatic heterocycles. The zero-order chi connectivity index (χ0) is 14.4. The molecule has 1 unspecified atom stereocenters. The zero-order valence-electron chi connectivity index (χ0n) is 11.7. The first-order chi connectivity index (χ1) is 8.93. The first-order valence-corrected chi connectivity index (χ1v) is 6.18. The van der Waals surface area contributed by atoms with Crippen LogP contribution >= 0.6 is 0 Å². The average Bonchev–Trinajstić information content (AvgIpc) is 2.37. The lowest BCUT2D eigenvalue weighted by Gasteiger charge is -2.12. The smallest absolute Gasteiger partial charge is 0.253 e. The van der Waals surface area contributed by atoms with Gasteiger partial charge in [-0.25, -0.2) is 0 Å². The summed E-state index contributed by atoms with van der Waals surface area (Å²) in [6.45, 7) is 5.31. The molecule has 2 amide bonds. The molecule has 1 atom stereocenters. The molecule has 19 heavy (non-hydrogen) atoms.